The summed E-state index contributed by atoms with van der Waals surface area (Å²) in [6.07, 6.45) is 1.12. The summed E-state index contributed by atoms with van der Waals surface area (Å²) in [4.78, 5) is 24.8. The zero-order valence-electron chi connectivity index (χ0n) is 11.3. The predicted octanol–water partition coefficient (Wildman–Crippen LogP) is 1.04. The summed E-state index contributed by atoms with van der Waals surface area (Å²) in [6, 6.07) is 6.21. The molecule has 1 aromatic carbocycles. The average Bonchev–Trinajstić information content (AvgIpc) is 2.86. The number of carboxylic acids is 1. The van der Waals surface area contributed by atoms with Crippen molar-refractivity contribution >= 4 is 17.6 Å². The molecule has 0 bridgehead atoms. The second kappa shape index (κ2) is 6.49. The molecule has 0 aromatic heterocycles. The van der Waals surface area contributed by atoms with Crippen molar-refractivity contribution in [3.05, 3.63) is 29.8 Å². The summed E-state index contributed by atoms with van der Waals surface area (Å²) >= 11 is 0. The lowest BCUT2D eigenvalue weighted by Crippen LogP contribution is -2.32. The lowest BCUT2D eigenvalue weighted by Gasteiger charge is -2.15. The van der Waals surface area contributed by atoms with Crippen molar-refractivity contribution in [3.63, 3.8) is 0 Å². The Morgan fingerprint density at radius 3 is 2.95 bits per heavy atom. The molecule has 6 heteroatoms. The number of amides is 1. The standard InChI is InChI=1S/C14H18N2O4/c1-20-12-5-6-16(8-12)9-13(17)15-11-4-2-3-10(7-11)14(18)19/h2-4,7,12H,5-6,8-9H2,1H3,(H,15,17)(H,18,19)/t12-/m1/s1. The smallest absolute Gasteiger partial charge is 0.335 e. The minimum absolute atomic E-state index is 0.149. The van der Waals surface area contributed by atoms with E-state index in [4.69, 9.17) is 9.84 Å². The topological polar surface area (TPSA) is 78.9 Å². The van der Waals surface area contributed by atoms with Crippen LogP contribution in [0.3, 0.4) is 0 Å². The molecule has 1 heterocycles. The molecule has 1 amide bonds. The summed E-state index contributed by atoms with van der Waals surface area (Å²) in [6.45, 7) is 1.87. The highest BCUT2D eigenvalue weighted by molar-refractivity contribution is 5.94. The normalized spacial score (nSPS) is 18.9. The van der Waals surface area contributed by atoms with E-state index in [-0.39, 0.29) is 24.1 Å². The molecular formula is C14H18N2O4. The van der Waals surface area contributed by atoms with Crippen LogP contribution in [0.5, 0.6) is 0 Å². The summed E-state index contributed by atoms with van der Waals surface area (Å²) in [5.41, 5.74) is 0.654. The molecule has 0 spiro atoms. The number of methoxy groups -OCH3 is 1. The third-order valence-corrected chi connectivity index (χ3v) is 3.32. The third kappa shape index (κ3) is 3.79. The van der Waals surface area contributed by atoms with Crippen LogP contribution < -0.4 is 5.32 Å². The Labute approximate surface area is 117 Å². The van der Waals surface area contributed by atoms with Crippen molar-refractivity contribution in [1.29, 1.82) is 0 Å². The van der Waals surface area contributed by atoms with Gasteiger partial charge in [-0.3, -0.25) is 9.69 Å². The SMILES string of the molecule is CO[C@@H]1CCN(CC(=O)Nc2cccc(C(=O)O)c2)C1. The maximum absolute atomic E-state index is 11.9. The first-order chi connectivity index (χ1) is 9.58. The van der Waals surface area contributed by atoms with Gasteiger partial charge in [-0.05, 0) is 24.6 Å². The van der Waals surface area contributed by atoms with E-state index in [9.17, 15) is 9.59 Å². The van der Waals surface area contributed by atoms with Gasteiger partial charge in [-0.1, -0.05) is 6.07 Å². The van der Waals surface area contributed by atoms with Crippen LogP contribution in [0.2, 0.25) is 0 Å². The molecular weight excluding hydrogens is 260 g/mol. The zero-order valence-corrected chi connectivity index (χ0v) is 11.3. The van der Waals surface area contributed by atoms with Crippen LogP contribution in [0.15, 0.2) is 24.3 Å². The van der Waals surface area contributed by atoms with Gasteiger partial charge in [0.15, 0.2) is 0 Å². The van der Waals surface area contributed by atoms with Crippen molar-refractivity contribution in [3.8, 4) is 0 Å². The van der Waals surface area contributed by atoms with Gasteiger partial charge in [0, 0.05) is 25.9 Å². The summed E-state index contributed by atoms with van der Waals surface area (Å²) in [5, 5.41) is 11.6. The number of likely N-dealkylation sites (tertiary alicyclic amines) is 1. The molecule has 20 heavy (non-hydrogen) atoms. The highest BCUT2D eigenvalue weighted by atomic mass is 16.5. The van der Waals surface area contributed by atoms with Gasteiger partial charge in [-0.25, -0.2) is 4.79 Å². The molecule has 1 aromatic rings. The first kappa shape index (κ1) is 14.5. The summed E-state index contributed by atoms with van der Waals surface area (Å²) < 4.78 is 5.24. The fourth-order valence-electron chi connectivity index (χ4n) is 2.27. The van der Waals surface area contributed by atoms with Crippen molar-refractivity contribution < 1.29 is 19.4 Å². The first-order valence-corrected chi connectivity index (χ1v) is 6.47. The van der Waals surface area contributed by atoms with E-state index in [0.29, 0.717) is 5.69 Å². The molecule has 6 nitrogen and oxygen atoms in total. The number of carbonyl (C=O) groups is 2. The van der Waals surface area contributed by atoms with Crippen LogP contribution in [0.1, 0.15) is 16.8 Å². The van der Waals surface area contributed by atoms with Crippen LogP contribution >= 0.6 is 0 Å². The molecule has 2 N–H and O–H groups in total. The zero-order chi connectivity index (χ0) is 14.5. The number of carbonyl (C=O) groups excluding carboxylic acids is 1. The molecule has 1 saturated heterocycles. The number of rotatable bonds is 5. The van der Waals surface area contributed by atoms with Crippen LogP contribution in [0.25, 0.3) is 0 Å². The summed E-state index contributed by atoms with van der Waals surface area (Å²) in [7, 11) is 1.67. The Kier molecular flexibility index (Phi) is 4.70. The molecule has 108 valence electrons. The maximum Gasteiger partial charge on any atom is 0.335 e. The van der Waals surface area contributed by atoms with Gasteiger partial charge in [0.25, 0.3) is 0 Å². The highest BCUT2D eigenvalue weighted by Gasteiger charge is 2.23. The number of nitrogens with zero attached hydrogens (tertiary/aromatic N) is 1. The van der Waals surface area contributed by atoms with Crippen LogP contribution in [0.4, 0.5) is 5.69 Å². The molecule has 0 aliphatic carbocycles. The fourth-order valence-corrected chi connectivity index (χ4v) is 2.27. The van der Waals surface area contributed by atoms with Crippen LogP contribution in [0, 0.1) is 0 Å². The molecule has 1 aliphatic rings. The van der Waals surface area contributed by atoms with E-state index >= 15 is 0 Å². The van der Waals surface area contributed by atoms with Gasteiger partial charge >= 0.3 is 5.97 Å². The predicted molar refractivity (Wildman–Crippen MR) is 73.9 cm³/mol. The Morgan fingerprint density at radius 1 is 1.50 bits per heavy atom. The minimum Gasteiger partial charge on any atom is -0.478 e. The van der Waals surface area contributed by atoms with Crippen molar-refractivity contribution in [1.82, 2.24) is 4.90 Å². The van der Waals surface area contributed by atoms with Gasteiger partial charge in [0.2, 0.25) is 5.91 Å². The maximum atomic E-state index is 11.9. The Hall–Kier alpha value is -1.92. The second-order valence-corrected chi connectivity index (χ2v) is 4.82. The molecule has 1 atom stereocenters. The number of hydrogen-bond donors (Lipinski definition) is 2. The van der Waals surface area contributed by atoms with Gasteiger partial charge in [-0.2, -0.15) is 0 Å². The van der Waals surface area contributed by atoms with E-state index in [1.165, 1.54) is 12.1 Å². The molecule has 0 radical (unpaired) electrons. The lowest BCUT2D eigenvalue weighted by atomic mass is 10.2. The molecule has 0 saturated carbocycles. The Bertz CT molecular complexity index is 504. The Balaban J connectivity index is 1.88. The number of aromatic carboxylic acids is 1. The van der Waals surface area contributed by atoms with E-state index in [1.807, 2.05) is 4.90 Å². The minimum atomic E-state index is -1.01. The lowest BCUT2D eigenvalue weighted by molar-refractivity contribution is -0.117. The van der Waals surface area contributed by atoms with Crippen LogP contribution in [-0.4, -0.2) is 54.7 Å². The monoisotopic (exact) mass is 278 g/mol. The van der Waals surface area contributed by atoms with Crippen molar-refractivity contribution in [2.24, 2.45) is 0 Å². The van der Waals surface area contributed by atoms with Gasteiger partial charge in [0.05, 0.1) is 18.2 Å². The van der Waals surface area contributed by atoms with E-state index in [2.05, 4.69) is 5.32 Å². The number of carboxylic acid groups (broad SMARTS) is 1. The van der Waals surface area contributed by atoms with E-state index in [0.717, 1.165) is 19.5 Å². The fraction of sp³-hybridized carbons (Fsp3) is 0.429. The highest BCUT2D eigenvalue weighted by Crippen LogP contribution is 2.13. The Morgan fingerprint density at radius 2 is 2.30 bits per heavy atom. The first-order valence-electron chi connectivity index (χ1n) is 6.47. The molecule has 1 aliphatic heterocycles. The average molecular weight is 278 g/mol. The second-order valence-electron chi connectivity index (χ2n) is 4.82. The van der Waals surface area contributed by atoms with Crippen molar-refractivity contribution in [2.75, 3.05) is 32.1 Å². The van der Waals surface area contributed by atoms with Crippen LogP contribution in [-0.2, 0) is 9.53 Å². The van der Waals surface area contributed by atoms with E-state index in [1.54, 1.807) is 19.2 Å². The van der Waals surface area contributed by atoms with E-state index < -0.39 is 5.97 Å². The van der Waals surface area contributed by atoms with Crippen molar-refractivity contribution in [2.45, 2.75) is 12.5 Å². The number of benzene rings is 1. The summed E-state index contributed by atoms with van der Waals surface area (Å²) in [5.74, 6) is -1.16. The molecule has 1 fully saturated rings. The number of anilines is 1. The molecule has 2 rings (SSSR count). The number of nitrogens with one attached hydrogen (secondary N) is 1. The number of hydrogen-bond acceptors (Lipinski definition) is 4. The quantitative estimate of drug-likeness (QED) is 0.841. The third-order valence-electron chi connectivity index (χ3n) is 3.32. The number of ether oxygens (including phenoxy) is 1. The van der Waals surface area contributed by atoms with Gasteiger partial charge in [0.1, 0.15) is 0 Å². The largest absolute Gasteiger partial charge is 0.478 e. The van der Waals surface area contributed by atoms with Gasteiger partial charge in [-0.15, -0.1) is 0 Å². The molecule has 0 unspecified atom stereocenters. The van der Waals surface area contributed by atoms with Gasteiger partial charge < -0.3 is 15.2 Å².